The van der Waals surface area contributed by atoms with Crippen molar-refractivity contribution in [2.45, 2.75) is 32.7 Å². The van der Waals surface area contributed by atoms with E-state index in [1.807, 2.05) is 7.05 Å². The van der Waals surface area contributed by atoms with Crippen molar-refractivity contribution in [3.8, 4) is 0 Å². The van der Waals surface area contributed by atoms with E-state index >= 15 is 0 Å². The molecule has 1 heterocycles. The molecule has 1 aliphatic heterocycles. The third kappa shape index (κ3) is 3.32. The predicted molar refractivity (Wildman–Crippen MR) is 69.3 cm³/mol. The van der Waals surface area contributed by atoms with Gasteiger partial charge in [-0.1, -0.05) is 0 Å². The highest BCUT2D eigenvalue weighted by Gasteiger charge is 2.26. The minimum Gasteiger partial charge on any atom is -0.478 e. The first-order valence-electron chi connectivity index (χ1n) is 6.21. The van der Waals surface area contributed by atoms with Gasteiger partial charge >= 0.3 is 5.97 Å². The van der Waals surface area contributed by atoms with E-state index in [0.717, 1.165) is 25.9 Å². The minimum atomic E-state index is -1.03. The molecule has 5 nitrogen and oxygen atoms in total. The number of aliphatic carboxylic acids is 1. The molecule has 0 aromatic heterocycles. The Morgan fingerprint density at radius 3 is 2.39 bits per heavy atom. The van der Waals surface area contributed by atoms with E-state index in [1.165, 1.54) is 6.92 Å². The van der Waals surface area contributed by atoms with E-state index in [1.54, 1.807) is 18.9 Å². The third-order valence-corrected chi connectivity index (χ3v) is 3.67. The monoisotopic (exact) mass is 254 g/mol. The summed E-state index contributed by atoms with van der Waals surface area (Å²) in [6, 6.07) is 0.174. The quantitative estimate of drug-likeness (QED) is 0.762. The van der Waals surface area contributed by atoms with Crippen LogP contribution in [0.2, 0.25) is 0 Å². The zero-order chi connectivity index (χ0) is 13.9. The lowest BCUT2D eigenvalue weighted by molar-refractivity contribution is -0.134. The molecule has 1 aliphatic rings. The van der Waals surface area contributed by atoms with Crippen molar-refractivity contribution in [2.75, 3.05) is 27.2 Å². The fraction of sp³-hybridized carbons (Fsp3) is 0.692. The van der Waals surface area contributed by atoms with Gasteiger partial charge in [0, 0.05) is 30.8 Å². The summed E-state index contributed by atoms with van der Waals surface area (Å²) in [7, 11) is 3.79. The molecule has 1 atom stereocenters. The Balaban J connectivity index is 2.77. The number of likely N-dealkylation sites (N-methyl/N-ethyl adjacent to an activating group) is 2. The van der Waals surface area contributed by atoms with Crippen LogP contribution in [0, 0.1) is 0 Å². The van der Waals surface area contributed by atoms with Crippen molar-refractivity contribution in [1.29, 1.82) is 0 Å². The van der Waals surface area contributed by atoms with Gasteiger partial charge in [-0.3, -0.25) is 4.79 Å². The van der Waals surface area contributed by atoms with Gasteiger partial charge in [0.2, 0.25) is 5.91 Å². The Labute approximate surface area is 108 Å². The fourth-order valence-corrected chi connectivity index (χ4v) is 2.21. The number of amides is 1. The number of carbonyl (C=O) groups excluding carboxylic acids is 1. The highest BCUT2D eigenvalue weighted by molar-refractivity contribution is 6.01. The van der Waals surface area contributed by atoms with Crippen LogP contribution in [0.5, 0.6) is 0 Å². The number of hydrogen-bond donors (Lipinski definition) is 1. The molecule has 0 radical (unpaired) electrons. The number of rotatable bonds is 3. The number of carboxylic acids is 1. The van der Waals surface area contributed by atoms with E-state index in [-0.39, 0.29) is 17.5 Å². The lowest BCUT2D eigenvalue weighted by Gasteiger charge is -2.36. The molecule has 0 spiro atoms. The fourth-order valence-electron chi connectivity index (χ4n) is 2.21. The molecule has 0 aliphatic carbocycles. The van der Waals surface area contributed by atoms with Crippen LogP contribution in [-0.2, 0) is 9.59 Å². The molecule has 1 N–H and O–H groups in total. The molecule has 0 aromatic rings. The van der Waals surface area contributed by atoms with Gasteiger partial charge in [0.1, 0.15) is 0 Å². The smallest absolute Gasteiger partial charge is 0.331 e. The molecule has 5 heteroatoms. The summed E-state index contributed by atoms with van der Waals surface area (Å²) < 4.78 is 0. The van der Waals surface area contributed by atoms with Crippen molar-refractivity contribution in [2.24, 2.45) is 0 Å². The van der Waals surface area contributed by atoms with Crippen LogP contribution in [0.1, 0.15) is 26.7 Å². The average molecular weight is 254 g/mol. The van der Waals surface area contributed by atoms with Gasteiger partial charge in [0.15, 0.2) is 0 Å². The van der Waals surface area contributed by atoms with Gasteiger partial charge in [0.25, 0.3) is 0 Å². The van der Waals surface area contributed by atoms with Crippen molar-refractivity contribution in [3.05, 3.63) is 11.1 Å². The Hall–Kier alpha value is -1.36. The number of likely N-dealkylation sites (tertiary alicyclic amines) is 1. The summed E-state index contributed by atoms with van der Waals surface area (Å²) >= 11 is 0. The van der Waals surface area contributed by atoms with Crippen molar-refractivity contribution in [1.82, 2.24) is 9.80 Å². The summed E-state index contributed by atoms with van der Waals surface area (Å²) in [6.07, 6.45) is 2.05. The Bertz CT molecular complexity index is 376. The molecule has 1 rings (SSSR count). The maximum atomic E-state index is 12.2. The molecule has 102 valence electrons. The van der Waals surface area contributed by atoms with Gasteiger partial charge in [0.05, 0.1) is 0 Å². The number of piperidine rings is 1. The van der Waals surface area contributed by atoms with Gasteiger partial charge in [-0.05, 0) is 40.3 Å². The Kier molecular flexibility index (Phi) is 4.90. The highest BCUT2D eigenvalue weighted by Crippen LogP contribution is 2.16. The lowest BCUT2D eigenvalue weighted by atomic mass is 10.0. The molecular formula is C13H22N2O3. The standard InChI is InChI=1S/C13H22N2O3/c1-9(10(2)13(17)18)12(16)15(4)11-6-5-7-14(3)8-11/h11H,5-8H2,1-4H3,(H,17,18). The van der Waals surface area contributed by atoms with Gasteiger partial charge < -0.3 is 14.9 Å². The largest absolute Gasteiger partial charge is 0.478 e. The normalized spacial score (nSPS) is 22.3. The zero-order valence-corrected chi connectivity index (χ0v) is 11.6. The van der Waals surface area contributed by atoms with Crippen LogP contribution in [0.25, 0.3) is 0 Å². The van der Waals surface area contributed by atoms with Crippen LogP contribution in [0.3, 0.4) is 0 Å². The van der Waals surface area contributed by atoms with Crippen LogP contribution in [0.4, 0.5) is 0 Å². The first-order valence-corrected chi connectivity index (χ1v) is 6.21. The maximum absolute atomic E-state index is 12.2. The SMILES string of the molecule is CC(C(=O)O)=C(C)C(=O)N(C)C1CCCN(C)C1. The molecule has 0 saturated carbocycles. The van der Waals surface area contributed by atoms with Crippen molar-refractivity contribution < 1.29 is 14.7 Å². The molecule has 1 fully saturated rings. The number of hydrogen-bond acceptors (Lipinski definition) is 3. The van der Waals surface area contributed by atoms with E-state index in [0.29, 0.717) is 5.57 Å². The van der Waals surface area contributed by atoms with E-state index in [2.05, 4.69) is 4.90 Å². The van der Waals surface area contributed by atoms with E-state index in [9.17, 15) is 9.59 Å². The molecule has 1 unspecified atom stereocenters. The van der Waals surface area contributed by atoms with Crippen LogP contribution >= 0.6 is 0 Å². The van der Waals surface area contributed by atoms with Crippen molar-refractivity contribution in [3.63, 3.8) is 0 Å². The molecule has 18 heavy (non-hydrogen) atoms. The highest BCUT2D eigenvalue weighted by atomic mass is 16.4. The number of carboxylic acid groups (broad SMARTS) is 1. The van der Waals surface area contributed by atoms with Gasteiger partial charge in [-0.25, -0.2) is 4.79 Å². The zero-order valence-electron chi connectivity index (χ0n) is 11.6. The molecular weight excluding hydrogens is 232 g/mol. The van der Waals surface area contributed by atoms with Gasteiger partial charge in [-0.15, -0.1) is 0 Å². The van der Waals surface area contributed by atoms with Crippen LogP contribution in [0.15, 0.2) is 11.1 Å². The molecule has 0 aromatic carbocycles. The minimum absolute atomic E-state index is 0.121. The first kappa shape index (κ1) is 14.7. The summed E-state index contributed by atoms with van der Waals surface area (Å²) in [5, 5.41) is 8.90. The third-order valence-electron chi connectivity index (χ3n) is 3.67. The lowest BCUT2D eigenvalue weighted by Crippen LogP contribution is -2.47. The topological polar surface area (TPSA) is 60.9 Å². The molecule has 1 amide bonds. The second kappa shape index (κ2) is 6.00. The first-order chi connectivity index (χ1) is 8.34. The predicted octanol–water partition coefficient (Wildman–Crippen LogP) is 0.960. The number of nitrogens with zero attached hydrogens (tertiary/aromatic N) is 2. The number of carbonyl (C=O) groups is 2. The second-order valence-electron chi connectivity index (χ2n) is 5.03. The van der Waals surface area contributed by atoms with Crippen LogP contribution < -0.4 is 0 Å². The van der Waals surface area contributed by atoms with E-state index in [4.69, 9.17) is 5.11 Å². The average Bonchev–Trinajstić information content (AvgIpc) is 2.35. The Morgan fingerprint density at radius 1 is 1.28 bits per heavy atom. The van der Waals surface area contributed by atoms with Crippen molar-refractivity contribution >= 4 is 11.9 Å². The Morgan fingerprint density at radius 2 is 1.89 bits per heavy atom. The molecule has 1 saturated heterocycles. The van der Waals surface area contributed by atoms with E-state index < -0.39 is 5.97 Å². The summed E-state index contributed by atoms with van der Waals surface area (Å²) in [4.78, 5) is 26.9. The summed E-state index contributed by atoms with van der Waals surface area (Å²) in [5.41, 5.74) is 0.439. The maximum Gasteiger partial charge on any atom is 0.331 e. The van der Waals surface area contributed by atoms with Crippen LogP contribution in [-0.4, -0.2) is 60.0 Å². The van der Waals surface area contributed by atoms with Gasteiger partial charge in [-0.2, -0.15) is 0 Å². The summed E-state index contributed by atoms with van der Waals surface area (Å²) in [5.74, 6) is -1.22. The second-order valence-corrected chi connectivity index (χ2v) is 5.03. The molecule has 0 bridgehead atoms. The summed E-state index contributed by atoms with van der Waals surface area (Å²) in [6.45, 7) is 4.95.